The molecule has 40 heavy (non-hydrogen) atoms. The van der Waals surface area contributed by atoms with Gasteiger partial charge >= 0.3 is 30.3 Å². The fourth-order valence-corrected chi connectivity index (χ4v) is 5.33. The number of hydrogen-bond acceptors (Lipinski definition) is 6. The van der Waals surface area contributed by atoms with E-state index >= 15 is 4.39 Å². The number of nitrogens with one attached hydrogen (secondary N) is 2. The van der Waals surface area contributed by atoms with E-state index in [1.807, 2.05) is 5.32 Å². The molecule has 224 valence electrons. The van der Waals surface area contributed by atoms with Gasteiger partial charge in [-0.15, -0.1) is 0 Å². The van der Waals surface area contributed by atoms with Crippen LogP contribution >= 0.6 is 47.8 Å². The minimum absolute atomic E-state index is 0.0696. The van der Waals surface area contributed by atoms with Crippen molar-refractivity contribution in [3.8, 4) is 0 Å². The van der Waals surface area contributed by atoms with Gasteiger partial charge in [-0.3, -0.25) is 19.4 Å². The van der Waals surface area contributed by atoms with Crippen LogP contribution in [0.4, 0.5) is 46.9 Å². The number of nitrogens with zero attached hydrogens (tertiary/aromatic N) is 3. The molecule has 0 aromatic heterocycles. The van der Waals surface area contributed by atoms with Crippen LogP contribution in [0.2, 0.25) is 0 Å². The summed E-state index contributed by atoms with van der Waals surface area (Å²) in [5, 5.41) is 3.56. The number of amides is 3. The number of carbonyl (C=O) groups excluding carboxylic acids is 3. The Kier molecular flexibility index (Phi) is 9.93. The zero-order chi connectivity index (χ0) is 30.2. The van der Waals surface area contributed by atoms with Gasteiger partial charge in [-0.2, -0.15) is 26.3 Å². The van der Waals surface area contributed by atoms with Crippen LogP contribution in [0.3, 0.4) is 0 Å². The van der Waals surface area contributed by atoms with Gasteiger partial charge in [0.2, 0.25) is 0 Å². The molecule has 2 N–H and O–H groups in total. The van der Waals surface area contributed by atoms with Gasteiger partial charge in [0.25, 0.3) is 0 Å². The maximum Gasteiger partial charge on any atom is 0.471 e. The second-order valence-corrected chi connectivity index (χ2v) is 15.9. The molecule has 2 heterocycles. The summed E-state index contributed by atoms with van der Waals surface area (Å²) in [6, 6.07) is 3.35. The van der Waals surface area contributed by atoms with Gasteiger partial charge in [-0.25, -0.2) is 9.18 Å². The van der Waals surface area contributed by atoms with E-state index in [0.717, 1.165) is 11.0 Å². The van der Waals surface area contributed by atoms with Crippen molar-refractivity contribution in [2.75, 3.05) is 42.5 Å². The van der Waals surface area contributed by atoms with E-state index in [1.54, 1.807) is 22.0 Å². The number of benzene rings is 1. The van der Waals surface area contributed by atoms with Crippen molar-refractivity contribution in [1.82, 2.24) is 15.5 Å². The third-order valence-electron chi connectivity index (χ3n) is 6.05. The number of ether oxygens (including phenoxy) is 1. The predicted octanol–water partition coefficient (Wildman–Crippen LogP) is 4.18. The molecule has 0 spiro atoms. The Bertz CT molecular complexity index is 1140. The van der Waals surface area contributed by atoms with Crippen molar-refractivity contribution in [2.24, 2.45) is 0 Å². The summed E-state index contributed by atoms with van der Waals surface area (Å²) in [5.74, 6) is -5.06. The van der Waals surface area contributed by atoms with Gasteiger partial charge in [0.05, 0.1) is 24.5 Å². The molecule has 2 aliphatic rings. The molecule has 9 nitrogen and oxygen atoms in total. The highest BCUT2D eigenvalue weighted by Gasteiger charge is 2.47. The van der Waals surface area contributed by atoms with Crippen LogP contribution in [-0.4, -0.2) is 88.3 Å². The smallest absolute Gasteiger partial charge is 0.442 e. The first kappa shape index (κ1) is 32.7. The van der Waals surface area contributed by atoms with Gasteiger partial charge in [-0.1, -0.05) is 47.8 Å². The molecule has 0 saturated carbocycles. The molecule has 19 heteroatoms. The van der Waals surface area contributed by atoms with Crippen molar-refractivity contribution in [3.63, 3.8) is 0 Å². The van der Waals surface area contributed by atoms with E-state index in [4.69, 9.17) is 4.74 Å². The third-order valence-corrected chi connectivity index (χ3v) is 7.35. The lowest BCUT2D eigenvalue weighted by atomic mass is 10.1. The van der Waals surface area contributed by atoms with E-state index in [-0.39, 0.29) is 37.6 Å². The number of piperazine rings is 1. The molecule has 3 atom stereocenters. The standard InChI is InChI=1S/C21H21Br3F7N5O4/c1-10-8-34(4-5-35(10)15(19(22,23)24)33-17(38)21(29,30)31)14-3-2-11(6-13(14)25)36-9-12(40-18(36)39)7-32-16(37)20(26,27)28/h2-3,6,10,12,15H,4-5,7-9H2,1H3,(H,32,37)(H,33,38)/t10?,12-,15?/m0/s1. The summed E-state index contributed by atoms with van der Waals surface area (Å²) in [6.07, 6.45) is -13.4. The van der Waals surface area contributed by atoms with Crippen LogP contribution in [0.1, 0.15) is 6.92 Å². The highest BCUT2D eigenvalue weighted by atomic mass is 80.0. The average Bonchev–Trinajstić information content (AvgIpc) is 3.19. The fourth-order valence-electron chi connectivity index (χ4n) is 4.20. The molecule has 3 amide bonds. The predicted molar refractivity (Wildman–Crippen MR) is 139 cm³/mol. The number of hydrogen-bond donors (Lipinski definition) is 2. The number of alkyl halides is 9. The third kappa shape index (κ3) is 7.90. The Hall–Kier alpha value is -1.86. The van der Waals surface area contributed by atoms with Crippen LogP contribution < -0.4 is 20.4 Å². The lowest BCUT2D eigenvalue weighted by Gasteiger charge is -2.47. The second kappa shape index (κ2) is 12.2. The summed E-state index contributed by atoms with van der Waals surface area (Å²) in [6.45, 7) is 1.30. The van der Waals surface area contributed by atoms with Crippen molar-refractivity contribution >= 4 is 77.1 Å². The number of halogens is 10. The van der Waals surface area contributed by atoms with Gasteiger partial charge in [-0.05, 0) is 25.1 Å². The molecule has 2 unspecified atom stereocenters. The minimum Gasteiger partial charge on any atom is -0.442 e. The van der Waals surface area contributed by atoms with E-state index < -0.39 is 63.1 Å². The molecule has 2 aliphatic heterocycles. The lowest BCUT2D eigenvalue weighted by Crippen LogP contribution is -2.64. The van der Waals surface area contributed by atoms with Crippen LogP contribution in [0.15, 0.2) is 18.2 Å². The summed E-state index contributed by atoms with van der Waals surface area (Å²) >= 11 is 9.52. The second-order valence-electron chi connectivity index (χ2n) is 8.91. The van der Waals surface area contributed by atoms with Gasteiger partial charge in [0.15, 0.2) is 2.14 Å². The molecule has 0 aliphatic carbocycles. The molecule has 2 saturated heterocycles. The van der Waals surface area contributed by atoms with Crippen molar-refractivity contribution < 1.29 is 49.9 Å². The fraction of sp³-hybridized carbons (Fsp3) is 0.571. The number of carbonyl (C=O) groups is 3. The van der Waals surface area contributed by atoms with Gasteiger partial charge in [0.1, 0.15) is 18.1 Å². The van der Waals surface area contributed by atoms with Gasteiger partial charge in [0, 0.05) is 25.7 Å². The van der Waals surface area contributed by atoms with E-state index in [1.165, 1.54) is 12.1 Å². The summed E-state index contributed by atoms with van der Waals surface area (Å²) < 4.78 is 94.5. The Morgan fingerprint density at radius 3 is 2.20 bits per heavy atom. The van der Waals surface area contributed by atoms with Crippen LogP contribution in [0, 0.1) is 5.82 Å². The molecular formula is C21H21Br3F7N5O4. The monoisotopic (exact) mass is 777 g/mol. The van der Waals surface area contributed by atoms with Crippen molar-refractivity contribution in [2.45, 2.75) is 39.7 Å². The van der Waals surface area contributed by atoms with Gasteiger partial charge < -0.3 is 20.3 Å². The lowest BCUT2D eigenvalue weighted by molar-refractivity contribution is -0.175. The van der Waals surface area contributed by atoms with Crippen LogP contribution in [-0.2, 0) is 14.3 Å². The van der Waals surface area contributed by atoms with E-state index in [0.29, 0.717) is 0 Å². The van der Waals surface area contributed by atoms with Crippen molar-refractivity contribution in [3.05, 3.63) is 24.0 Å². The zero-order valence-corrected chi connectivity index (χ0v) is 25.0. The summed E-state index contributed by atoms with van der Waals surface area (Å²) in [5.41, 5.74) is 0.204. The first-order valence-electron chi connectivity index (χ1n) is 11.4. The maximum atomic E-state index is 15.2. The Morgan fingerprint density at radius 1 is 1.05 bits per heavy atom. The number of anilines is 2. The molecule has 3 rings (SSSR count). The van der Waals surface area contributed by atoms with Crippen LogP contribution in [0.25, 0.3) is 0 Å². The minimum atomic E-state index is -5.11. The molecule has 2 fully saturated rings. The van der Waals surface area contributed by atoms with Crippen molar-refractivity contribution in [1.29, 1.82) is 0 Å². The average molecular weight is 780 g/mol. The summed E-state index contributed by atoms with van der Waals surface area (Å²) in [7, 11) is 0. The Morgan fingerprint density at radius 2 is 1.68 bits per heavy atom. The molecular weight excluding hydrogens is 759 g/mol. The first-order valence-corrected chi connectivity index (χ1v) is 13.7. The van der Waals surface area contributed by atoms with Crippen LogP contribution in [0.5, 0.6) is 0 Å². The zero-order valence-electron chi connectivity index (χ0n) is 20.3. The molecule has 1 aromatic carbocycles. The normalized spacial score (nSPS) is 21.7. The molecule has 1 aromatic rings. The Labute approximate surface area is 248 Å². The number of rotatable bonds is 6. The van der Waals surface area contributed by atoms with E-state index in [2.05, 4.69) is 47.8 Å². The molecule has 0 bridgehead atoms. The molecule has 0 radical (unpaired) electrons. The Balaban J connectivity index is 1.67. The van der Waals surface area contributed by atoms with E-state index in [9.17, 15) is 40.7 Å². The SMILES string of the molecule is CC1CN(c2ccc(N3C[C@H](CNC(=O)C(F)(F)F)OC3=O)cc2F)CCN1C(NC(=O)C(F)(F)F)C(Br)(Br)Br. The number of cyclic esters (lactones) is 1. The first-order chi connectivity index (χ1) is 18.3. The largest absolute Gasteiger partial charge is 0.471 e. The summed E-state index contributed by atoms with van der Waals surface area (Å²) in [4.78, 5) is 39.0. The topological polar surface area (TPSA) is 94.2 Å². The highest BCUT2D eigenvalue weighted by molar-refractivity contribution is 9.39. The highest BCUT2D eigenvalue weighted by Crippen LogP contribution is 2.40. The quantitative estimate of drug-likeness (QED) is 0.333. The maximum absolute atomic E-state index is 15.2.